The lowest BCUT2D eigenvalue weighted by molar-refractivity contribution is 0.533. The summed E-state index contributed by atoms with van der Waals surface area (Å²) < 4.78 is 2.21. The van der Waals surface area contributed by atoms with Gasteiger partial charge in [-0.2, -0.15) is 0 Å². The van der Waals surface area contributed by atoms with E-state index in [1.54, 1.807) is 0 Å². The Morgan fingerprint density at radius 1 is 1.26 bits per heavy atom. The zero-order valence-corrected chi connectivity index (χ0v) is 11.3. The van der Waals surface area contributed by atoms with E-state index in [0.29, 0.717) is 12.5 Å². The molecular formula is C15H18N4. The van der Waals surface area contributed by atoms with Crippen LogP contribution < -0.4 is 5.73 Å². The minimum Gasteiger partial charge on any atom is -0.330 e. The lowest BCUT2D eigenvalue weighted by Gasteiger charge is -2.10. The molecule has 0 atom stereocenters. The topological polar surface area (TPSA) is 56.7 Å². The van der Waals surface area contributed by atoms with Crippen LogP contribution in [0.15, 0.2) is 30.6 Å². The highest BCUT2D eigenvalue weighted by Gasteiger charge is 2.13. The van der Waals surface area contributed by atoms with Crippen molar-refractivity contribution in [1.82, 2.24) is 14.5 Å². The van der Waals surface area contributed by atoms with Gasteiger partial charge in [0.1, 0.15) is 5.52 Å². The quantitative estimate of drug-likeness (QED) is 0.781. The molecular weight excluding hydrogens is 236 g/mol. The van der Waals surface area contributed by atoms with Crippen LogP contribution in [0.2, 0.25) is 0 Å². The second kappa shape index (κ2) is 4.63. The predicted octanol–water partition coefficient (Wildman–Crippen LogP) is 2.70. The molecule has 0 fully saturated rings. The Labute approximate surface area is 112 Å². The SMILES string of the molecule is CC(C)Cn1cnc2c(CN)nc3ccccc3c21. The number of rotatable bonds is 3. The number of imidazole rings is 1. The van der Waals surface area contributed by atoms with Gasteiger partial charge in [0, 0.05) is 18.5 Å². The molecule has 0 saturated heterocycles. The summed E-state index contributed by atoms with van der Waals surface area (Å²) in [4.78, 5) is 9.13. The zero-order valence-electron chi connectivity index (χ0n) is 11.3. The van der Waals surface area contributed by atoms with E-state index in [-0.39, 0.29) is 0 Å². The van der Waals surface area contributed by atoms with Crippen LogP contribution in [0, 0.1) is 5.92 Å². The third-order valence-electron chi connectivity index (χ3n) is 3.28. The first-order chi connectivity index (χ1) is 9.20. The summed E-state index contributed by atoms with van der Waals surface area (Å²) in [5, 5.41) is 1.15. The van der Waals surface area contributed by atoms with Crippen LogP contribution in [0.5, 0.6) is 0 Å². The molecule has 0 aliphatic heterocycles. The first kappa shape index (κ1) is 12.1. The summed E-state index contributed by atoms with van der Waals surface area (Å²) in [5.74, 6) is 0.575. The van der Waals surface area contributed by atoms with Crippen molar-refractivity contribution in [2.75, 3.05) is 0 Å². The van der Waals surface area contributed by atoms with Crippen LogP contribution in [-0.4, -0.2) is 14.5 Å². The number of nitrogens with zero attached hydrogens (tertiary/aromatic N) is 3. The summed E-state index contributed by atoms with van der Waals surface area (Å²) >= 11 is 0. The molecule has 1 aromatic carbocycles. The predicted molar refractivity (Wildman–Crippen MR) is 77.8 cm³/mol. The maximum atomic E-state index is 5.81. The van der Waals surface area contributed by atoms with Crippen LogP contribution in [0.3, 0.4) is 0 Å². The maximum Gasteiger partial charge on any atom is 0.112 e. The summed E-state index contributed by atoms with van der Waals surface area (Å²) in [6, 6.07) is 8.17. The standard InChI is InChI=1S/C15H18N4/c1-10(2)8-19-9-17-14-13(7-16)18-12-6-4-3-5-11(12)15(14)19/h3-6,9-10H,7-8,16H2,1-2H3. The van der Waals surface area contributed by atoms with Crippen molar-refractivity contribution in [2.24, 2.45) is 11.7 Å². The van der Waals surface area contributed by atoms with Crippen LogP contribution in [0.25, 0.3) is 21.9 Å². The molecule has 2 aromatic heterocycles. The first-order valence-corrected chi connectivity index (χ1v) is 6.63. The number of pyridine rings is 1. The van der Waals surface area contributed by atoms with Crippen molar-refractivity contribution in [3.8, 4) is 0 Å². The fourth-order valence-electron chi connectivity index (χ4n) is 2.52. The Morgan fingerprint density at radius 2 is 2.05 bits per heavy atom. The van der Waals surface area contributed by atoms with Crippen molar-refractivity contribution in [3.05, 3.63) is 36.3 Å². The molecule has 98 valence electrons. The molecule has 0 aliphatic carbocycles. The van der Waals surface area contributed by atoms with Crippen LogP contribution in [0.4, 0.5) is 0 Å². The van der Waals surface area contributed by atoms with Gasteiger partial charge in [-0.3, -0.25) is 0 Å². The van der Waals surface area contributed by atoms with Crippen molar-refractivity contribution in [3.63, 3.8) is 0 Å². The van der Waals surface area contributed by atoms with E-state index in [1.807, 2.05) is 24.5 Å². The molecule has 4 heteroatoms. The molecule has 19 heavy (non-hydrogen) atoms. The molecule has 0 bridgehead atoms. The fourth-order valence-corrected chi connectivity index (χ4v) is 2.52. The van der Waals surface area contributed by atoms with Crippen molar-refractivity contribution in [1.29, 1.82) is 0 Å². The van der Waals surface area contributed by atoms with E-state index in [1.165, 1.54) is 0 Å². The molecule has 0 saturated carbocycles. The number of hydrogen-bond acceptors (Lipinski definition) is 3. The van der Waals surface area contributed by atoms with Gasteiger partial charge in [0.25, 0.3) is 0 Å². The van der Waals surface area contributed by atoms with Crippen molar-refractivity contribution in [2.45, 2.75) is 26.9 Å². The minimum absolute atomic E-state index is 0.417. The molecule has 0 unspecified atom stereocenters. The lowest BCUT2D eigenvalue weighted by atomic mass is 10.1. The third kappa shape index (κ3) is 1.98. The highest BCUT2D eigenvalue weighted by Crippen LogP contribution is 2.26. The average molecular weight is 254 g/mol. The summed E-state index contributed by atoms with van der Waals surface area (Å²) in [6.45, 7) is 5.78. The Morgan fingerprint density at radius 3 is 2.79 bits per heavy atom. The molecule has 2 N–H and O–H groups in total. The average Bonchev–Trinajstić information content (AvgIpc) is 2.81. The Hall–Kier alpha value is -1.94. The minimum atomic E-state index is 0.417. The van der Waals surface area contributed by atoms with Gasteiger partial charge >= 0.3 is 0 Å². The van der Waals surface area contributed by atoms with Crippen LogP contribution in [-0.2, 0) is 13.1 Å². The van der Waals surface area contributed by atoms with E-state index in [2.05, 4.69) is 34.4 Å². The van der Waals surface area contributed by atoms with Crippen LogP contribution in [0.1, 0.15) is 19.5 Å². The molecule has 0 amide bonds. The highest BCUT2D eigenvalue weighted by molar-refractivity contribution is 6.03. The lowest BCUT2D eigenvalue weighted by Crippen LogP contribution is -2.05. The first-order valence-electron chi connectivity index (χ1n) is 6.63. The zero-order chi connectivity index (χ0) is 13.4. The van der Waals surface area contributed by atoms with Gasteiger partial charge in [0.2, 0.25) is 0 Å². The number of hydrogen-bond donors (Lipinski definition) is 1. The molecule has 4 nitrogen and oxygen atoms in total. The van der Waals surface area contributed by atoms with Gasteiger partial charge in [-0.05, 0) is 12.0 Å². The van der Waals surface area contributed by atoms with Gasteiger partial charge < -0.3 is 10.3 Å². The van der Waals surface area contributed by atoms with E-state index in [4.69, 9.17) is 5.73 Å². The van der Waals surface area contributed by atoms with E-state index < -0.39 is 0 Å². The number of aromatic nitrogens is 3. The fraction of sp³-hybridized carbons (Fsp3) is 0.333. The van der Waals surface area contributed by atoms with Crippen LogP contribution >= 0.6 is 0 Å². The maximum absolute atomic E-state index is 5.81. The Kier molecular flexibility index (Phi) is 2.95. The van der Waals surface area contributed by atoms with Crippen molar-refractivity contribution >= 4 is 21.9 Å². The van der Waals surface area contributed by atoms with Gasteiger partial charge in [-0.25, -0.2) is 9.97 Å². The summed E-state index contributed by atoms with van der Waals surface area (Å²) in [6.07, 6.45) is 1.90. The van der Waals surface area contributed by atoms with E-state index >= 15 is 0 Å². The monoisotopic (exact) mass is 254 g/mol. The smallest absolute Gasteiger partial charge is 0.112 e. The molecule has 3 aromatic rings. The Balaban J connectivity index is 2.39. The second-order valence-corrected chi connectivity index (χ2v) is 5.27. The number of benzene rings is 1. The van der Waals surface area contributed by atoms with Gasteiger partial charge in [0.05, 0.1) is 23.1 Å². The number of nitrogens with two attached hydrogens (primary N) is 1. The number of para-hydroxylation sites is 1. The molecule has 2 heterocycles. The van der Waals surface area contributed by atoms with Gasteiger partial charge in [-0.15, -0.1) is 0 Å². The molecule has 0 aliphatic rings. The van der Waals surface area contributed by atoms with Gasteiger partial charge in [0.15, 0.2) is 0 Å². The van der Waals surface area contributed by atoms with Gasteiger partial charge in [-0.1, -0.05) is 32.0 Å². The molecule has 0 radical (unpaired) electrons. The molecule has 3 rings (SSSR count). The number of fused-ring (bicyclic) bond motifs is 3. The van der Waals surface area contributed by atoms with Crippen molar-refractivity contribution < 1.29 is 0 Å². The third-order valence-corrected chi connectivity index (χ3v) is 3.28. The van der Waals surface area contributed by atoms with E-state index in [9.17, 15) is 0 Å². The summed E-state index contributed by atoms with van der Waals surface area (Å²) in [7, 11) is 0. The summed E-state index contributed by atoms with van der Waals surface area (Å²) in [5.41, 5.74) is 9.75. The largest absolute Gasteiger partial charge is 0.330 e. The van der Waals surface area contributed by atoms with E-state index in [0.717, 1.165) is 34.2 Å². The Bertz CT molecular complexity index is 727. The second-order valence-electron chi connectivity index (χ2n) is 5.27. The highest BCUT2D eigenvalue weighted by atomic mass is 15.1. The molecule has 0 spiro atoms. The normalized spacial score (nSPS) is 11.8.